The highest BCUT2D eigenvalue weighted by Crippen LogP contribution is 2.18. The third-order valence-corrected chi connectivity index (χ3v) is 3.63. The summed E-state index contributed by atoms with van der Waals surface area (Å²) >= 11 is 1.34. The summed E-state index contributed by atoms with van der Waals surface area (Å²) < 4.78 is 4.97. The first-order valence-corrected chi connectivity index (χ1v) is 7.75. The number of nitrogens with one attached hydrogen (secondary N) is 2. The molecule has 118 valence electrons. The van der Waals surface area contributed by atoms with Gasteiger partial charge in [-0.2, -0.15) is 0 Å². The smallest absolute Gasteiger partial charge is 0.287 e. The molecule has 0 fully saturated rings. The van der Waals surface area contributed by atoms with Gasteiger partial charge in [-0.1, -0.05) is 25.2 Å². The zero-order chi connectivity index (χ0) is 16.1. The van der Waals surface area contributed by atoms with Crippen molar-refractivity contribution in [3.63, 3.8) is 0 Å². The monoisotopic (exact) mass is 322 g/mol. The van der Waals surface area contributed by atoms with Crippen LogP contribution in [0.15, 0.2) is 22.8 Å². The van der Waals surface area contributed by atoms with Gasteiger partial charge >= 0.3 is 0 Å². The number of nitrogens with zero attached hydrogens (tertiary/aromatic N) is 2. The van der Waals surface area contributed by atoms with Crippen LogP contribution in [0.3, 0.4) is 0 Å². The maximum atomic E-state index is 12.0. The van der Waals surface area contributed by atoms with E-state index in [0.29, 0.717) is 11.0 Å². The van der Waals surface area contributed by atoms with Gasteiger partial charge < -0.3 is 9.73 Å². The molecule has 0 saturated heterocycles. The minimum atomic E-state index is -0.713. The van der Waals surface area contributed by atoms with Gasteiger partial charge in [-0.3, -0.25) is 14.9 Å². The summed E-state index contributed by atoms with van der Waals surface area (Å²) in [6.07, 6.45) is 2.22. The Kier molecular flexibility index (Phi) is 5.26. The summed E-state index contributed by atoms with van der Waals surface area (Å²) in [5.41, 5.74) is 0. The van der Waals surface area contributed by atoms with Gasteiger partial charge in [0.1, 0.15) is 11.0 Å². The van der Waals surface area contributed by atoms with Crippen LogP contribution in [0.5, 0.6) is 0 Å². The highest BCUT2D eigenvalue weighted by molar-refractivity contribution is 7.15. The second-order valence-corrected chi connectivity index (χ2v) is 6.32. The Morgan fingerprint density at radius 2 is 2.09 bits per heavy atom. The molecule has 0 aromatic carbocycles. The van der Waals surface area contributed by atoms with Crippen LogP contribution >= 0.6 is 11.3 Å². The van der Waals surface area contributed by atoms with Gasteiger partial charge in [-0.05, 0) is 25.0 Å². The number of anilines is 1. The SMILES string of the molecule is CC(C)Cc1nnc(NC(=O)[C@@H](C)NC(=O)c2ccco2)s1. The summed E-state index contributed by atoms with van der Waals surface area (Å²) in [7, 11) is 0. The van der Waals surface area contributed by atoms with Crippen molar-refractivity contribution in [2.75, 3.05) is 5.32 Å². The number of carbonyl (C=O) groups excluding carboxylic acids is 2. The Balaban J connectivity index is 1.88. The van der Waals surface area contributed by atoms with E-state index in [9.17, 15) is 9.59 Å². The Labute approximate surface area is 132 Å². The molecule has 2 aromatic heterocycles. The van der Waals surface area contributed by atoms with Crippen LogP contribution in [-0.2, 0) is 11.2 Å². The van der Waals surface area contributed by atoms with Crippen LogP contribution in [0.2, 0.25) is 0 Å². The molecule has 0 aliphatic carbocycles. The number of hydrogen-bond donors (Lipinski definition) is 2. The largest absolute Gasteiger partial charge is 0.459 e. The zero-order valence-corrected chi connectivity index (χ0v) is 13.4. The molecule has 7 nitrogen and oxygen atoms in total. The first kappa shape index (κ1) is 16.2. The fraction of sp³-hybridized carbons (Fsp3) is 0.429. The molecule has 8 heteroatoms. The first-order valence-electron chi connectivity index (χ1n) is 6.93. The molecule has 0 radical (unpaired) electrons. The Morgan fingerprint density at radius 1 is 1.32 bits per heavy atom. The van der Waals surface area contributed by atoms with Crippen LogP contribution in [0.25, 0.3) is 0 Å². The van der Waals surface area contributed by atoms with Crippen molar-refractivity contribution in [2.45, 2.75) is 33.2 Å². The van der Waals surface area contributed by atoms with E-state index in [1.54, 1.807) is 13.0 Å². The molecule has 0 spiro atoms. The minimum Gasteiger partial charge on any atom is -0.459 e. The van der Waals surface area contributed by atoms with Crippen molar-refractivity contribution in [3.05, 3.63) is 29.2 Å². The molecule has 0 aliphatic heterocycles. The number of furan rings is 1. The number of aromatic nitrogens is 2. The lowest BCUT2D eigenvalue weighted by atomic mass is 10.1. The standard InChI is InChI=1S/C14H18N4O3S/c1-8(2)7-11-17-18-14(22-11)16-12(19)9(3)15-13(20)10-5-4-6-21-10/h4-6,8-9H,7H2,1-3H3,(H,15,20)(H,16,18,19)/t9-/m1/s1. The highest BCUT2D eigenvalue weighted by Gasteiger charge is 2.19. The van der Waals surface area contributed by atoms with Crippen molar-refractivity contribution in [2.24, 2.45) is 5.92 Å². The van der Waals surface area contributed by atoms with Gasteiger partial charge in [0, 0.05) is 6.42 Å². The maximum absolute atomic E-state index is 12.0. The van der Waals surface area contributed by atoms with E-state index in [0.717, 1.165) is 11.4 Å². The molecule has 2 amide bonds. The Bertz CT molecular complexity index is 636. The van der Waals surface area contributed by atoms with Crippen LogP contribution in [0.4, 0.5) is 5.13 Å². The molecule has 0 aliphatic rings. The summed E-state index contributed by atoms with van der Waals surface area (Å²) in [4.78, 5) is 23.8. The molecule has 22 heavy (non-hydrogen) atoms. The van der Waals surface area contributed by atoms with E-state index in [1.807, 2.05) is 0 Å². The predicted molar refractivity (Wildman–Crippen MR) is 82.7 cm³/mol. The number of carbonyl (C=O) groups is 2. The zero-order valence-electron chi connectivity index (χ0n) is 12.6. The number of hydrogen-bond acceptors (Lipinski definition) is 6. The van der Waals surface area contributed by atoms with Crippen LogP contribution in [-0.4, -0.2) is 28.1 Å². The minimum absolute atomic E-state index is 0.162. The lowest BCUT2D eigenvalue weighted by molar-refractivity contribution is -0.117. The van der Waals surface area contributed by atoms with Crippen LogP contribution in [0.1, 0.15) is 36.3 Å². The van der Waals surface area contributed by atoms with Gasteiger partial charge in [0.15, 0.2) is 5.76 Å². The average molecular weight is 322 g/mol. The van der Waals surface area contributed by atoms with Crippen LogP contribution in [0, 0.1) is 5.92 Å². The van der Waals surface area contributed by atoms with Gasteiger partial charge in [0.05, 0.1) is 6.26 Å². The fourth-order valence-corrected chi connectivity index (χ4v) is 2.65. The van der Waals surface area contributed by atoms with Gasteiger partial charge in [-0.25, -0.2) is 0 Å². The fourth-order valence-electron chi connectivity index (χ4n) is 1.69. The predicted octanol–water partition coefficient (Wildman–Crippen LogP) is 2.09. The van der Waals surface area contributed by atoms with Crippen molar-refractivity contribution in [1.29, 1.82) is 0 Å². The van der Waals surface area contributed by atoms with Gasteiger partial charge in [0.25, 0.3) is 5.91 Å². The van der Waals surface area contributed by atoms with Crippen molar-refractivity contribution in [1.82, 2.24) is 15.5 Å². The quantitative estimate of drug-likeness (QED) is 0.848. The Hall–Kier alpha value is -2.22. The van der Waals surface area contributed by atoms with Gasteiger partial charge in [0.2, 0.25) is 11.0 Å². The van der Waals surface area contributed by atoms with Crippen molar-refractivity contribution >= 4 is 28.3 Å². The van der Waals surface area contributed by atoms with E-state index < -0.39 is 11.9 Å². The number of amides is 2. The third-order valence-electron chi connectivity index (χ3n) is 2.77. The van der Waals surface area contributed by atoms with Crippen molar-refractivity contribution < 1.29 is 14.0 Å². The van der Waals surface area contributed by atoms with E-state index in [1.165, 1.54) is 23.7 Å². The number of rotatable bonds is 6. The molecule has 2 heterocycles. The molecular weight excluding hydrogens is 304 g/mol. The molecule has 0 bridgehead atoms. The third kappa shape index (κ3) is 4.39. The molecular formula is C14H18N4O3S. The lowest BCUT2D eigenvalue weighted by Gasteiger charge is -2.11. The summed E-state index contributed by atoms with van der Waals surface area (Å²) in [5, 5.41) is 14.5. The first-order chi connectivity index (χ1) is 10.5. The molecule has 0 unspecified atom stereocenters. The second kappa shape index (κ2) is 7.17. The summed E-state index contributed by atoms with van der Waals surface area (Å²) in [6.45, 7) is 5.77. The molecule has 2 aromatic rings. The molecule has 0 saturated carbocycles. The summed E-state index contributed by atoms with van der Waals surface area (Å²) in [6, 6.07) is 2.43. The maximum Gasteiger partial charge on any atom is 0.287 e. The van der Waals surface area contributed by atoms with E-state index in [-0.39, 0.29) is 11.7 Å². The molecule has 2 rings (SSSR count). The average Bonchev–Trinajstić information content (AvgIpc) is 3.09. The molecule has 1 atom stereocenters. The Morgan fingerprint density at radius 3 is 2.73 bits per heavy atom. The van der Waals surface area contributed by atoms with E-state index in [2.05, 4.69) is 34.7 Å². The lowest BCUT2D eigenvalue weighted by Crippen LogP contribution is -2.41. The topological polar surface area (TPSA) is 97.1 Å². The highest BCUT2D eigenvalue weighted by atomic mass is 32.1. The van der Waals surface area contributed by atoms with Crippen LogP contribution < -0.4 is 10.6 Å². The van der Waals surface area contributed by atoms with E-state index in [4.69, 9.17) is 4.42 Å². The van der Waals surface area contributed by atoms with E-state index >= 15 is 0 Å². The normalized spacial score (nSPS) is 12.2. The van der Waals surface area contributed by atoms with Crippen molar-refractivity contribution in [3.8, 4) is 0 Å². The second-order valence-electron chi connectivity index (χ2n) is 5.26. The van der Waals surface area contributed by atoms with Gasteiger partial charge in [-0.15, -0.1) is 10.2 Å². The summed E-state index contributed by atoms with van der Waals surface area (Å²) in [5.74, 6) is -0.157. The molecule has 2 N–H and O–H groups in total.